The predicted molar refractivity (Wildman–Crippen MR) is 74.9 cm³/mol. The van der Waals surface area contributed by atoms with E-state index in [4.69, 9.17) is 0 Å². The smallest absolute Gasteiger partial charge is 0.283 e. The van der Waals surface area contributed by atoms with E-state index in [-0.39, 0.29) is 17.5 Å². The van der Waals surface area contributed by atoms with Crippen molar-refractivity contribution in [1.29, 1.82) is 0 Å². The number of carbonyl (C=O) groups excluding carboxylic acids is 1. The first-order chi connectivity index (χ1) is 8.99. The fourth-order valence-corrected chi connectivity index (χ4v) is 2.39. The maximum absolute atomic E-state index is 12.0. The second-order valence-electron chi connectivity index (χ2n) is 4.62. The Kier molecular flexibility index (Phi) is 4.16. The van der Waals surface area contributed by atoms with Gasteiger partial charge in [0.15, 0.2) is 0 Å². The van der Waals surface area contributed by atoms with Crippen molar-refractivity contribution in [3.8, 4) is 0 Å². The largest absolute Gasteiger partial charge is 0.326 e. The number of benzene rings is 1. The lowest BCUT2D eigenvalue weighted by Gasteiger charge is -2.31. The lowest BCUT2D eigenvalue weighted by Crippen LogP contribution is -2.48. The first kappa shape index (κ1) is 14.0. The van der Waals surface area contributed by atoms with Crippen molar-refractivity contribution < 1.29 is 9.72 Å². The fourth-order valence-electron chi connectivity index (χ4n) is 1.87. The summed E-state index contributed by atoms with van der Waals surface area (Å²) in [6, 6.07) is 4.45. The molecule has 2 rings (SSSR count). The molecule has 2 N–H and O–H groups in total. The minimum absolute atomic E-state index is 0.0192. The van der Waals surface area contributed by atoms with Gasteiger partial charge < -0.3 is 10.6 Å². The van der Waals surface area contributed by atoms with Gasteiger partial charge in [-0.1, -0.05) is 6.92 Å². The van der Waals surface area contributed by atoms with Crippen LogP contribution in [0.1, 0.15) is 6.92 Å². The SMILES string of the molecule is CC(C(=O)Nc1ccc([N+](=O)[O-])c(Br)c1)C1CNC1. The molecule has 1 aliphatic rings. The van der Waals surface area contributed by atoms with E-state index in [9.17, 15) is 14.9 Å². The maximum Gasteiger partial charge on any atom is 0.283 e. The fraction of sp³-hybridized carbons (Fsp3) is 0.417. The van der Waals surface area contributed by atoms with Crippen molar-refractivity contribution in [3.05, 3.63) is 32.8 Å². The Morgan fingerprint density at radius 3 is 2.74 bits per heavy atom. The molecule has 19 heavy (non-hydrogen) atoms. The lowest BCUT2D eigenvalue weighted by molar-refractivity contribution is -0.385. The molecule has 1 aromatic carbocycles. The van der Waals surface area contributed by atoms with Gasteiger partial charge in [0.2, 0.25) is 5.91 Å². The van der Waals surface area contributed by atoms with Gasteiger partial charge in [0, 0.05) is 17.7 Å². The molecule has 0 aromatic heterocycles. The van der Waals surface area contributed by atoms with Gasteiger partial charge in [-0.3, -0.25) is 14.9 Å². The molecule has 1 heterocycles. The van der Waals surface area contributed by atoms with Crippen LogP contribution in [0.25, 0.3) is 0 Å². The lowest BCUT2D eigenvalue weighted by atomic mass is 9.88. The molecule has 1 fully saturated rings. The number of hydrogen-bond acceptors (Lipinski definition) is 4. The summed E-state index contributed by atoms with van der Waals surface area (Å²) >= 11 is 3.13. The van der Waals surface area contributed by atoms with Gasteiger partial charge >= 0.3 is 0 Å². The highest BCUT2D eigenvalue weighted by Gasteiger charge is 2.28. The van der Waals surface area contributed by atoms with E-state index in [0.29, 0.717) is 16.1 Å². The van der Waals surface area contributed by atoms with Crippen molar-refractivity contribution in [2.24, 2.45) is 11.8 Å². The molecule has 0 spiro atoms. The van der Waals surface area contributed by atoms with Gasteiger partial charge in [-0.05, 0) is 47.1 Å². The van der Waals surface area contributed by atoms with E-state index >= 15 is 0 Å². The summed E-state index contributed by atoms with van der Waals surface area (Å²) in [4.78, 5) is 22.2. The van der Waals surface area contributed by atoms with Crippen LogP contribution in [0.3, 0.4) is 0 Å². The zero-order valence-electron chi connectivity index (χ0n) is 10.4. The number of hydrogen-bond donors (Lipinski definition) is 2. The monoisotopic (exact) mass is 327 g/mol. The minimum Gasteiger partial charge on any atom is -0.326 e. The molecule has 0 saturated carbocycles. The van der Waals surface area contributed by atoms with Crippen LogP contribution in [-0.2, 0) is 4.79 Å². The van der Waals surface area contributed by atoms with E-state index in [1.54, 1.807) is 6.07 Å². The Morgan fingerprint density at radius 1 is 1.58 bits per heavy atom. The van der Waals surface area contributed by atoms with Crippen LogP contribution in [0.5, 0.6) is 0 Å². The third-order valence-corrected chi connectivity index (χ3v) is 3.98. The molecule has 7 heteroatoms. The molecule has 1 saturated heterocycles. The highest BCUT2D eigenvalue weighted by atomic mass is 79.9. The zero-order chi connectivity index (χ0) is 14.0. The van der Waals surface area contributed by atoms with Crippen molar-refractivity contribution >= 4 is 33.2 Å². The average molecular weight is 328 g/mol. The Hall–Kier alpha value is -1.47. The number of anilines is 1. The van der Waals surface area contributed by atoms with Gasteiger partial charge in [-0.25, -0.2) is 0 Å². The summed E-state index contributed by atoms with van der Waals surface area (Å²) in [6.07, 6.45) is 0. The average Bonchev–Trinajstić information content (AvgIpc) is 2.25. The van der Waals surface area contributed by atoms with E-state index in [0.717, 1.165) is 13.1 Å². The number of carbonyl (C=O) groups is 1. The number of amides is 1. The number of nitrogens with zero attached hydrogens (tertiary/aromatic N) is 1. The molecule has 1 aliphatic heterocycles. The summed E-state index contributed by atoms with van der Waals surface area (Å²) in [5.41, 5.74) is 0.538. The number of nitro groups is 1. The van der Waals surface area contributed by atoms with Crippen LogP contribution in [-0.4, -0.2) is 23.9 Å². The first-order valence-corrected chi connectivity index (χ1v) is 6.74. The molecular weight excluding hydrogens is 314 g/mol. The normalized spacial score (nSPS) is 16.5. The predicted octanol–water partition coefficient (Wildman–Crippen LogP) is 2.15. The van der Waals surface area contributed by atoms with Gasteiger partial charge in [0.25, 0.3) is 5.69 Å². The van der Waals surface area contributed by atoms with Crippen molar-refractivity contribution in [3.63, 3.8) is 0 Å². The minimum atomic E-state index is -0.474. The molecule has 1 amide bonds. The quantitative estimate of drug-likeness (QED) is 0.655. The third kappa shape index (κ3) is 3.10. The van der Waals surface area contributed by atoms with Crippen LogP contribution >= 0.6 is 15.9 Å². The van der Waals surface area contributed by atoms with Gasteiger partial charge in [0.1, 0.15) is 0 Å². The molecular formula is C12H14BrN3O3. The molecule has 0 radical (unpaired) electrons. The summed E-state index contributed by atoms with van der Waals surface area (Å²) in [5.74, 6) is 0.226. The maximum atomic E-state index is 12.0. The van der Waals surface area contributed by atoms with Crippen molar-refractivity contribution in [1.82, 2.24) is 5.32 Å². The second-order valence-corrected chi connectivity index (χ2v) is 5.47. The highest BCUT2D eigenvalue weighted by Crippen LogP contribution is 2.28. The summed E-state index contributed by atoms with van der Waals surface area (Å²) in [7, 11) is 0. The van der Waals surface area contributed by atoms with Gasteiger partial charge in [-0.15, -0.1) is 0 Å². The molecule has 0 bridgehead atoms. The third-order valence-electron chi connectivity index (χ3n) is 3.35. The van der Waals surface area contributed by atoms with Crippen LogP contribution in [0, 0.1) is 22.0 Å². The van der Waals surface area contributed by atoms with Crippen LogP contribution in [0.2, 0.25) is 0 Å². The number of nitrogens with one attached hydrogen (secondary N) is 2. The van der Waals surface area contributed by atoms with Gasteiger partial charge in [-0.2, -0.15) is 0 Å². The van der Waals surface area contributed by atoms with E-state index in [2.05, 4.69) is 26.6 Å². The highest BCUT2D eigenvalue weighted by molar-refractivity contribution is 9.10. The summed E-state index contributed by atoms with van der Waals surface area (Å²) in [6.45, 7) is 3.61. The van der Waals surface area contributed by atoms with E-state index < -0.39 is 4.92 Å². The van der Waals surface area contributed by atoms with Crippen LogP contribution in [0.15, 0.2) is 22.7 Å². The summed E-state index contributed by atoms with van der Waals surface area (Å²) in [5, 5.41) is 16.6. The van der Waals surface area contributed by atoms with E-state index in [1.807, 2.05) is 6.92 Å². The number of rotatable bonds is 4. The van der Waals surface area contributed by atoms with Crippen molar-refractivity contribution in [2.75, 3.05) is 18.4 Å². The number of halogens is 1. The molecule has 102 valence electrons. The van der Waals surface area contributed by atoms with Gasteiger partial charge in [0.05, 0.1) is 9.40 Å². The molecule has 1 atom stereocenters. The molecule has 0 aliphatic carbocycles. The standard InChI is InChI=1S/C12H14BrN3O3/c1-7(8-5-14-6-8)12(17)15-9-2-3-11(16(18)19)10(13)4-9/h2-4,7-8,14H,5-6H2,1H3,(H,15,17). The molecule has 1 unspecified atom stereocenters. The van der Waals surface area contributed by atoms with Crippen LogP contribution < -0.4 is 10.6 Å². The Balaban J connectivity index is 2.04. The Morgan fingerprint density at radius 2 is 2.26 bits per heavy atom. The summed E-state index contributed by atoms with van der Waals surface area (Å²) < 4.78 is 0.355. The number of nitro benzene ring substituents is 1. The second kappa shape index (κ2) is 5.66. The first-order valence-electron chi connectivity index (χ1n) is 5.94. The topological polar surface area (TPSA) is 84.3 Å². The molecule has 6 nitrogen and oxygen atoms in total. The molecule has 1 aromatic rings. The Labute approximate surface area is 118 Å². The zero-order valence-corrected chi connectivity index (χ0v) is 11.9. The Bertz CT molecular complexity index is 517. The van der Waals surface area contributed by atoms with E-state index in [1.165, 1.54) is 12.1 Å². The van der Waals surface area contributed by atoms with Crippen molar-refractivity contribution in [2.45, 2.75) is 6.92 Å². The van der Waals surface area contributed by atoms with Crippen LogP contribution in [0.4, 0.5) is 11.4 Å².